The van der Waals surface area contributed by atoms with Gasteiger partial charge in [0.2, 0.25) is 0 Å². The van der Waals surface area contributed by atoms with E-state index in [1.807, 2.05) is 0 Å². The summed E-state index contributed by atoms with van der Waals surface area (Å²) in [5.41, 5.74) is 0. The van der Waals surface area contributed by atoms with Crippen LogP contribution in [-0.4, -0.2) is 35.4 Å². The zero-order chi connectivity index (χ0) is 19.6. The number of rotatable bonds is 17. The minimum absolute atomic E-state index is 0.0113. The van der Waals surface area contributed by atoms with Gasteiger partial charge in [-0.25, -0.2) is 0 Å². The van der Waals surface area contributed by atoms with Crippen LogP contribution < -0.4 is 0 Å². The van der Waals surface area contributed by atoms with E-state index in [0.717, 1.165) is 25.7 Å². The van der Waals surface area contributed by atoms with E-state index in [-0.39, 0.29) is 12.1 Å². The number of nitrogens with zero attached hydrogens (tertiary/aromatic N) is 1. The Morgan fingerprint density at radius 1 is 0.778 bits per heavy atom. The third-order valence-corrected chi connectivity index (χ3v) is 5.70. The Hall–Kier alpha value is -0.610. The molecule has 1 fully saturated rings. The number of carbonyl (C=O) groups excluding carboxylic acids is 1. The number of esters is 1. The van der Waals surface area contributed by atoms with Crippen LogP contribution in [0.1, 0.15) is 122 Å². The molecule has 4 nitrogen and oxygen atoms in total. The molecule has 0 saturated carbocycles. The van der Waals surface area contributed by atoms with E-state index < -0.39 is 0 Å². The summed E-state index contributed by atoms with van der Waals surface area (Å²) in [6.07, 6.45) is 22.1. The first-order valence-corrected chi connectivity index (χ1v) is 11.9. The minimum atomic E-state index is -0.0546. The summed E-state index contributed by atoms with van der Waals surface area (Å²) in [7, 11) is 0. The number of piperidine rings is 1. The van der Waals surface area contributed by atoms with Crippen LogP contribution in [0, 0.1) is 0 Å². The minimum Gasteiger partial charge on any atom is -0.462 e. The largest absolute Gasteiger partial charge is 0.462 e. The fourth-order valence-electron chi connectivity index (χ4n) is 3.85. The van der Waals surface area contributed by atoms with Gasteiger partial charge < -0.3 is 9.94 Å². The summed E-state index contributed by atoms with van der Waals surface area (Å²) < 4.78 is 5.48. The van der Waals surface area contributed by atoms with Crippen molar-refractivity contribution in [2.75, 3.05) is 13.1 Å². The van der Waals surface area contributed by atoms with E-state index in [1.165, 1.54) is 88.5 Å². The highest BCUT2D eigenvalue weighted by Gasteiger charge is 2.20. The van der Waals surface area contributed by atoms with E-state index in [4.69, 9.17) is 4.74 Å². The predicted octanol–water partition coefficient (Wildman–Crippen LogP) is 6.64. The zero-order valence-corrected chi connectivity index (χ0v) is 17.9. The van der Waals surface area contributed by atoms with Gasteiger partial charge in [-0.15, -0.1) is 0 Å². The lowest BCUT2D eigenvalue weighted by Crippen LogP contribution is -2.35. The fraction of sp³-hybridized carbons (Fsp3) is 0.957. The van der Waals surface area contributed by atoms with Crippen LogP contribution >= 0.6 is 0 Å². The molecule has 1 heterocycles. The predicted molar refractivity (Wildman–Crippen MR) is 112 cm³/mol. The van der Waals surface area contributed by atoms with Crippen LogP contribution in [0.2, 0.25) is 0 Å². The van der Waals surface area contributed by atoms with Gasteiger partial charge in [0.05, 0.1) is 0 Å². The molecule has 0 aromatic heterocycles. The van der Waals surface area contributed by atoms with Gasteiger partial charge in [-0.2, -0.15) is 5.06 Å². The molecule has 1 aliphatic rings. The van der Waals surface area contributed by atoms with Crippen molar-refractivity contribution >= 4 is 5.97 Å². The highest BCUT2D eigenvalue weighted by atomic mass is 16.5. The quantitative estimate of drug-likeness (QED) is 0.226. The lowest BCUT2D eigenvalue weighted by molar-refractivity contribution is -0.161. The zero-order valence-electron chi connectivity index (χ0n) is 17.9. The molecular formula is C23H45NO3. The van der Waals surface area contributed by atoms with Crippen molar-refractivity contribution in [3.05, 3.63) is 0 Å². The summed E-state index contributed by atoms with van der Waals surface area (Å²) >= 11 is 0. The summed E-state index contributed by atoms with van der Waals surface area (Å²) in [5.74, 6) is -0.0546. The second-order valence-electron chi connectivity index (χ2n) is 8.34. The van der Waals surface area contributed by atoms with E-state index in [2.05, 4.69) is 6.92 Å². The van der Waals surface area contributed by atoms with Crippen molar-refractivity contribution in [3.8, 4) is 0 Å². The van der Waals surface area contributed by atoms with Crippen LogP contribution in [-0.2, 0) is 9.53 Å². The summed E-state index contributed by atoms with van der Waals surface area (Å²) in [6.45, 7) is 3.49. The molecular weight excluding hydrogens is 338 g/mol. The van der Waals surface area contributed by atoms with Gasteiger partial charge in [0.25, 0.3) is 0 Å². The van der Waals surface area contributed by atoms with Crippen molar-refractivity contribution < 1.29 is 14.7 Å². The number of hydroxylamine groups is 2. The van der Waals surface area contributed by atoms with Crippen molar-refractivity contribution in [2.45, 2.75) is 129 Å². The summed E-state index contributed by atoms with van der Waals surface area (Å²) in [5, 5.41) is 10.6. The van der Waals surface area contributed by atoms with Crippen LogP contribution in [0.3, 0.4) is 0 Å². The molecule has 1 aliphatic heterocycles. The van der Waals surface area contributed by atoms with Crippen LogP contribution in [0.4, 0.5) is 0 Å². The van der Waals surface area contributed by atoms with E-state index in [1.54, 1.807) is 0 Å². The molecule has 160 valence electrons. The van der Waals surface area contributed by atoms with Crippen LogP contribution in [0.25, 0.3) is 0 Å². The van der Waals surface area contributed by atoms with Crippen molar-refractivity contribution in [1.82, 2.24) is 5.06 Å². The molecule has 0 aliphatic carbocycles. The highest BCUT2D eigenvalue weighted by Crippen LogP contribution is 2.15. The molecule has 0 spiro atoms. The molecule has 0 aromatic carbocycles. The molecule has 4 heteroatoms. The summed E-state index contributed by atoms with van der Waals surface area (Å²) in [4.78, 5) is 11.8. The van der Waals surface area contributed by atoms with Gasteiger partial charge in [0.15, 0.2) is 0 Å². The second-order valence-corrected chi connectivity index (χ2v) is 8.34. The van der Waals surface area contributed by atoms with Gasteiger partial charge in [0, 0.05) is 19.5 Å². The average Bonchev–Trinajstić information content (AvgIpc) is 2.66. The van der Waals surface area contributed by atoms with Gasteiger partial charge in [0.1, 0.15) is 6.10 Å². The van der Waals surface area contributed by atoms with E-state index in [0.29, 0.717) is 19.5 Å². The molecule has 0 aromatic rings. The topological polar surface area (TPSA) is 49.8 Å². The smallest absolute Gasteiger partial charge is 0.306 e. The third-order valence-electron chi connectivity index (χ3n) is 5.70. The Bertz CT molecular complexity index is 341. The number of unbranched alkanes of at least 4 members (excludes halogenated alkanes) is 14. The summed E-state index contributed by atoms with van der Waals surface area (Å²) in [6, 6.07) is 0. The van der Waals surface area contributed by atoms with Crippen molar-refractivity contribution in [3.63, 3.8) is 0 Å². The van der Waals surface area contributed by atoms with Crippen LogP contribution in [0.5, 0.6) is 0 Å². The van der Waals surface area contributed by atoms with Gasteiger partial charge in [-0.3, -0.25) is 4.79 Å². The normalized spacial score (nSPS) is 15.9. The number of ether oxygens (including phenoxy) is 1. The maximum Gasteiger partial charge on any atom is 0.306 e. The van der Waals surface area contributed by atoms with E-state index in [9.17, 15) is 10.0 Å². The maximum atomic E-state index is 11.8. The molecule has 0 unspecified atom stereocenters. The number of carbonyl (C=O) groups is 1. The third kappa shape index (κ3) is 15.0. The van der Waals surface area contributed by atoms with Crippen LogP contribution in [0.15, 0.2) is 0 Å². The lowest BCUT2D eigenvalue weighted by atomic mass is 10.0. The molecule has 27 heavy (non-hydrogen) atoms. The van der Waals surface area contributed by atoms with Crippen molar-refractivity contribution in [1.29, 1.82) is 0 Å². The Labute approximate surface area is 168 Å². The average molecular weight is 384 g/mol. The second kappa shape index (κ2) is 17.5. The molecule has 1 saturated heterocycles. The molecule has 0 bridgehead atoms. The van der Waals surface area contributed by atoms with Crippen molar-refractivity contribution in [2.24, 2.45) is 0 Å². The van der Waals surface area contributed by atoms with E-state index >= 15 is 0 Å². The van der Waals surface area contributed by atoms with Gasteiger partial charge in [-0.1, -0.05) is 96.8 Å². The number of hydrogen-bond donors (Lipinski definition) is 1. The van der Waals surface area contributed by atoms with Gasteiger partial charge in [-0.05, 0) is 19.3 Å². The monoisotopic (exact) mass is 383 g/mol. The Kier molecular flexibility index (Phi) is 15.8. The number of hydrogen-bond acceptors (Lipinski definition) is 4. The fourth-order valence-corrected chi connectivity index (χ4v) is 3.85. The first-order valence-electron chi connectivity index (χ1n) is 11.9. The molecule has 0 atom stereocenters. The first-order chi connectivity index (χ1) is 13.2. The Morgan fingerprint density at radius 3 is 1.63 bits per heavy atom. The maximum absolute atomic E-state index is 11.8. The SMILES string of the molecule is CCCCCCCCCCCCCCCCCC(=O)OC1CCN(O)CC1. The Balaban J connectivity index is 1.75. The standard InChI is InChI=1S/C23H45NO3/c1-2-3-4-5-6-7-8-9-10-11-12-13-14-15-16-17-23(25)27-22-18-20-24(26)21-19-22/h22,26H,2-21H2,1H3. The molecule has 1 N–H and O–H groups in total. The first kappa shape index (κ1) is 24.4. The molecule has 0 radical (unpaired) electrons. The highest BCUT2D eigenvalue weighted by molar-refractivity contribution is 5.69. The molecule has 1 rings (SSSR count). The lowest BCUT2D eigenvalue weighted by Gasteiger charge is -2.27. The Morgan fingerprint density at radius 2 is 1.19 bits per heavy atom. The van der Waals surface area contributed by atoms with Gasteiger partial charge >= 0.3 is 5.97 Å². The molecule has 0 amide bonds.